The number of fused-ring (bicyclic) bond motifs is 1. The lowest BCUT2D eigenvalue weighted by molar-refractivity contribution is 0.541. The minimum Gasteiger partial charge on any atom is -0.337 e. The average Bonchev–Trinajstić information content (AvgIpc) is 3.01. The summed E-state index contributed by atoms with van der Waals surface area (Å²) >= 11 is 5.01. The molecule has 0 aliphatic heterocycles. The Hall–Kier alpha value is -1.60. The van der Waals surface area contributed by atoms with Crippen molar-refractivity contribution in [2.45, 2.75) is 43.6 Å². The van der Waals surface area contributed by atoms with Crippen LogP contribution in [0.4, 0.5) is 0 Å². The van der Waals surface area contributed by atoms with Crippen molar-refractivity contribution in [3.8, 4) is 0 Å². The summed E-state index contributed by atoms with van der Waals surface area (Å²) < 4.78 is 4.70. The number of aryl methyl sites for hydroxylation is 1. The van der Waals surface area contributed by atoms with Crippen molar-refractivity contribution >= 4 is 38.6 Å². The maximum atomic E-state index is 13.0. The second kappa shape index (κ2) is 8.19. The molecule has 0 saturated carbocycles. The first-order valence-electron chi connectivity index (χ1n) is 8.39. The van der Waals surface area contributed by atoms with Crippen molar-refractivity contribution in [1.82, 2.24) is 19.1 Å². The van der Waals surface area contributed by atoms with Gasteiger partial charge in [-0.05, 0) is 24.6 Å². The molecular formula is C18H21BrN4OS. The lowest BCUT2D eigenvalue weighted by atomic mass is 10.2. The van der Waals surface area contributed by atoms with Crippen molar-refractivity contribution < 1.29 is 0 Å². The summed E-state index contributed by atoms with van der Waals surface area (Å²) in [4.78, 5) is 22.1. The third kappa shape index (κ3) is 4.15. The number of thioether (sulfide) groups is 1. The van der Waals surface area contributed by atoms with E-state index in [1.165, 1.54) is 0 Å². The molecule has 0 atom stereocenters. The van der Waals surface area contributed by atoms with Crippen LogP contribution in [0.15, 0.2) is 45.0 Å². The highest BCUT2D eigenvalue weighted by Gasteiger charge is 2.13. The molecule has 2 heterocycles. The number of halogens is 1. The van der Waals surface area contributed by atoms with Crippen LogP contribution in [-0.2, 0) is 19.3 Å². The maximum Gasteiger partial charge on any atom is 0.262 e. The minimum atomic E-state index is 0.0322. The first-order valence-corrected chi connectivity index (χ1v) is 10.2. The number of hydrogen-bond donors (Lipinski definition) is 0. The zero-order valence-corrected chi connectivity index (χ0v) is 16.8. The molecule has 0 saturated heterocycles. The van der Waals surface area contributed by atoms with Gasteiger partial charge in [-0.15, -0.1) is 0 Å². The molecule has 7 heteroatoms. The van der Waals surface area contributed by atoms with Crippen LogP contribution in [0.1, 0.15) is 32.0 Å². The van der Waals surface area contributed by atoms with Gasteiger partial charge in [-0.25, -0.2) is 9.97 Å². The highest BCUT2D eigenvalue weighted by atomic mass is 79.9. The highest BCUT2D eigenvalue weighted by Crippen LogP contribution is 2.23. The van der Waals surface area contributed by atoms with Crippen LogP contribution >= 0.6 is 27.7 Å². The average molecular weight is 421 g/mol. The fourth-order valence-corrected chi connectivity index (χ4v) is 4.06. The van der Waals surface area contributed by atoms with Crippen LogP contribution in [-0.4, -0.2) is 19.1 Å². The molecule has 25 heavy (non-hydrogen) atoms. The van der Waals surface area contributed by atoms with E-state index < -0.39 is 0 Å². The standard InChI is InChI=1S/C18H21BrN4OS/c1-3-4-5-9-23-17(24)14-11-13(19)6-7-15(14)21-18(23)25-12-16-20-8-10-22(16)2/h6-8,10-11H,3-5,9,12H2,1-2H3. The van der Waals surface area contributed by atoms with Gasteiger partial charge in [0.25, 0.3) is 5.56 Å². The van der Waals surface area contributed by atoms with Gasteiger partial charge in [-0.1, -0.05) is 47.5 Å². The van der Waals surface area contributed by atoms with E-state index in [4.69, 9.17) is 4.98 Å². The van der Waals surface area contributed by atoms with E-state index in [2.05, 4.69) is 27.8 Å². The third-order valence-corrected chi connectivity index (χ3v) is 5.58. The Kier molecular flexibility index (Phi) is 5.96. The molecule has 0 spiro atoms. The van der Waals surface area contributed by atoms with Gasteiger partial charge in [-0.3, -0.25) is 9.36 Å². The molecule has 0 aliphatic rings. The second-order valence-electron chi connectivity index (χ2n) is 5.96. The van der Waals surface area contributed by atoms with Crippen LogP contribution in [0.5, 0.6) is 0 Å². The highest BCUT2D eigenvalue weighted by molar-refractivity contribution is 9.10. The van der Waals surface area contributed by atoms with Gasteiger partial charge in [0.15, 0.2) is 5.16 Å². The molecular weight excluding hydrogens is 400 g/mol. The second-order valence-corrected chi connectivity index (χ2v) is 7.82. The summed E-state index contributed by atoms with van der Waals surface area (Å²) in [5.41, 5.74) is 0.770. The summed E-state index contributed by atoms with van der Waals surface area (Å²) in [5.74, 6) is 1.65. The fraction of sp³-hybridized carbons (Fsp3) is 0.389. The summed E-state index contributed by atoms with van der Waals surface area (Å²) in [6.07, 6.45) is 6.92. The van der Waals surface area contributed by atoms with Crippen molar-refractivity contribution in [2.24, 2.45) is 7.05 Å². The van der Waals surface area contributed by atoms with Gasteiger partial charge < -0.3 is 4.57 Å². The Morgan fingerprint density at radius 1 is 1.28 bits per heavy atom. The van der Waals surface area contributed by atoms with Crippen molar-refractivity contribution in [2.75, 3.05) is 0 Å². The van der Waals surface area contributed by atoms with Crippen molar-refractivity contribution in [3.63, 3.8) is 0 Å². The predicted octanol–water partition coefficient (Wildman–Crippen LogP) is 4.38. The minimum absolute atomic E-state index is 0.0322. The van der Waals surface area contributed by atoms with Crippen molar-refractivity contribution in [1.29, 1.82) is 0 Å². The zero-order chi connectivity index (χ0) is 17.8. The number of imidazole rings is 1. The van der Waals surface area contributed by atoms with Crippen LogP contribution in [0, 0.1) is 0 Å². The summed E-state index contributed by atoms with van der Waals surface area (Å²) in [7, 11) is 1.97. The lowest BCUT2D eigenvalue weighted by Gasteiger charge is -2.13. The summed E-state index contributed by atoms with van der Waals surface area (Å²) in [6.45, 7) is 2.86. The van der Waals surface area contributed by atoms with E-state index in [0.29, 0.717) is 17.7 Å². The first kappa shape index (κ1) is 18.2. The number of nitrogens with zero attached hydrogens (tertiary/aromatic N) is 4. The number of rotatable bonds is 7. The van der Waals surface area contributed by atoms with E-state index in [0.717, 1.165) is 40.2 Å². The summed E-state index contributed by atoms with van der Waals surface area (Å²) in [6, 6.07) is 5.67. The molecule has 1 aromatic carbocycles. The van der Waals surface area contributed by atoms with Crippen LogP contribution in [0.25, 0.3) is 10.9 Å². The number of hydrogen-bond acceptors (Lipinski definition) is 4. The molecule has 5 nitrogen and oxygen atoms in total. The van der Waals surface area contributed by atoms with Crippen LogP contribution in [0.2, 0.25) is 0 Å². The Labute approximate surface area is 159 Å². The quantitative estimate of drug-likeness (QED) is 0.323. The van der Waals surface area contributed by atoms with Gasteiger partial charge in [0.05, 0.1) is 16.7 Å². The smallest absolute Gasteiger partial charge is 0.262 e. The number of aromatic nitrogens is 4. The van der Waals surface area contributed by atoms with E-state index in [1.807, 2.05) is 40.6 Å². The predicted molar refractivity (Wildman–Crippen MR) is 106 cm³/mol. The zero-order valence-electron chi connectivity index (χ0n) is 14.4. The molecule has 0 amide bonds. The van der Waals surface area contributed by atoms with Gasteiger partial charge in [0.2, 0.25) is 0 Å². The lowest BCUT2D eigenvalue weighted by Crippen LogP contribution is -2.23. The Morgan fingerprint density at radius 2 is 2.12 bits per heavy atom. The molecule has 0 unspecified atom stereocenters. The number of unbranched alkanes of at least 4 members (excludes halogenated alkanes) is 2. The van der Waals surface area contributed by atoms with Crippen LogP contribution < -0.4 is 5.56 Å². The van der Waals surface area contributed by atoms with E-state index >= 15 is 0 Å². The Morgan fingerprint density at radius 3 is 2.84 bits per heavy atom. The van der Waals surface area contributed by atoms with Crippen LogP contribution in [0.3, 0.4) is 0 Å². The monoisotopic (exact) mass is 420 g/mol. The summed E-state index contributed by atoms with van der Waals surface area (Å²) in [5, 5.41) is 1.42. The molecule has 0 fully saturated rings. The van der Waals surface area contributed by atoms with Crippen molar-refractivity contribution in [3.05, 3.63) is 51.2 Å². The molecule has 2 aromatic heterocycles. The van der Waals surface area contributed by atoms with Gasteiger partial charge in [0, 0.05) is 30.5 Å². The number of benzene rings is 1. The SMILES string of the molecule is CCCCCn1c(SCc2nccn2C)nc2ccc(Br)cc2c1=O. The Balaban J connectivity index is 1.98. The maximum absolute atomic E-state index is 13.0. The molecule has 3 rings (SSSR count). The molecule has 0 aliphatic carbocycles. The van der Waals surface area contributed by atoms with Gasteiger partial charge in [-0.2, -0.15) is 0 Å². The van der Waals surface area contributed by atoms with E-state index in [-0.39, 0.29) is 5.56 Å². The normalized spacial score (nSPS) is 11.3. The van der Waals surface area contributed by atoms with E-state index in [9.17, 15) is 4.79 Å². The largest absolute Gasteiger partial charge is 0.337 e. The molecule has 132 valence electrons. The molecule has 0 N–H and O–H groups in total. The third-order valence-electron chi connectivity index (χ3n) is 4.12. The van der Waals surface area contributed by atoms with E-state index in [1.54, 1.807) is 18.0 Å². The Bertz CT molecular complexity index is 934. The van der Waals surface area contributed by atoms with Gasteiger partial charge >= 0.3 is 0 Å². The molecule has 3 aromatic rings. The van der Waals surface area contributed by atoms with Gasteiger partial charge in [0.1, 0.15) is 5.82 Å². The molecule has 0 radical (unpaired) electrons. The fourth-order valence-electron chi connectivity index (χ4n) is 2.66. The first-order chi connectivity index (χ1) is 12.1. The topological polar surface area (TPSA) is 52.7 Å². The molecule has 0 bridgehead atoms.